The molecule has 4 aromatic rings. The summed E-state index contributed by atoms with van der Waals surface area (Å²) in [5.41, 5.74) is 4.43. The summed E-state index contributed by atoms with van der Waals surface area (Å²) in [4.78, 5) is 13.8. The van der Waals surface area contributed by atoms with Crippen molar-refractivity contribution in [3.63, 3.8) is 0 Å². The van der Waals surface area contributed by atoms with Crippen LogP contribution in [0.1, 0.15) is 41.6 Å². The summed E-state index contributed by atoms with van der Waals surface area (Å²) in [6.45, 7) is 2.60. The van der Waals surface area contributed by atoms with Gasteiger partial charge in [0.05, 0.1) is 18.8 Å². The van der Waals surface area contributed by atoms with E-state index in [4.69, 9.17) is 9.47 Å². The minimum absolute atomic E-state index is 0.00214. The number of hydrogen-bond donors (Lipinski definition) is 3. The van der Waals surface area contributed by atoms with Crippen LogP contribution in [0.5, 0.6) is 0 Å². The van der Waals surface area contributed by atoms with Gasteiger partial charge in [0.2, 0.25) is 0 Å². The zero-order valence-corrected chi connectivity index (χ0v) is 23.2. The second kappa shape index (κ2) is 13.6. The minimum Gasteiger partial charge on any atom is -0.392 e. The molecule has 0 radical (unpaired) electrons. The van der Waals surface area contributed by atoms with Gasteiger partial charge in [-0.05, 0) is 41.0 Å². The lowest BCUT2D eigenvalue weighted by molar-refractivity contribution is -0.268. The molecule has 1 heterocycles. The van der Waals surface area contributed by atoms with E-state index in [1.165, 1.54) is 4.90 Å². The fourth-order valence-corrected chi connectivity index (χ4v) is 5.81. The Balaban J connectivity index is 1.32. The van der Waals surface area contributed by atoms with E-state index in [-0.39, 0.29) is 30.8 Å². The van der Waals surface area contributed by atoms with Gasteiger partial charge in [-0.3, -0.25) is 0 Å². The van der Waals surface area contributed by atoms with Gasteiger partial charge in [-0.25, -0.2) is 4.79 Å². The normalized spacial score (nSPS) is 20.6. The van der Waals surface area contributed by atoms with E-state index in [0.29, 0.717) is 12.2 Å². The first kappa shape index (κ1) is 27.9. The van der Waals surface area contributed by atoms with E-state index in [9.17, 15) is 9.90 Å². The van der Waals surface area contributed by atoms with E-state index in [1.807, 2.05) is 97.1 Å². The quantitative estimate of drug-likeness (QED) is 0.193. The van der Waals surface area contributed by atoms with Gasteiger partial charge in [0.1, 0.15) is 0 Å². The lowest BCUT2D eigenvalue weighted by atomic mass is 9.91. The van der Waals surface area contributed by atoms with Gasteiger partial charge in [0, 0.05) is 34.4 Å². The maximum atomic E-state index is 12.6. The highest BCUT2D eigenvalue weighted by Gasteiger charge is 2.38. The van der Waals surface area contributed by atoms with E-state index in [2.05, 4.69) is 29.7 Å². The number of benzene rings is 4. The molecule has 7 heteroatoms. The molecular weight excluding hydrogens is 520 g/mol. The van der Waals surface area contributed by atoms with Crippen molar-refractivity contribution >= 4 is 23.5 Å². The third kappa shape index (κ3) is 7.31. The Morgan fingerprint density at radius 1 is 0.825 bits per heavy atom. The zero-order chi connectivity index (χ0) is 27.7. The predicted molar refractivity (Wildman–Crippen MR) is 159 cm³/mol. The van der Waals surface area contributed by atoms with E-state index in [0.717, 1.165) is 28.0 Å². The molecule has 6 nitrogen and oxygen atoms in total. The number of carbonyl (C=O) groups is 1. The molecule has 4 unspecified atom stereocenters. The lowest BCUT2D eigenvalue weighted by Crippen LogP contribution is -2.38. The highest BCUT2D eigenvalue weighted by Crippen LogP contribution is 2.43. The maximum Gasteiger partial charge on any atom is 0.319 e. The molecule has 4 aromatic carbocycles. The predicted octanol–water partition coefficient (Wildman–Crippen LogP) is 7.08. The Bertz CT molecular complexity index is 1370. The van der Waals surface area contributed by atoms with Gasteiger partial charge in [0.25, 0.3) is 0 Å². The van der Waals surface area contributed by atoms with Crippen LogP contribution in [0.2, 0.25) is 0 Å². The Kier molecular flexibility index (Phi) is 9.52. The molecule has 2 amide bonds. The molecule has 3 N–H and O–H groups in total. The van der Waals surface area contributed by atoms with Crippen molar-refractivity contribution in [3.8, 4) is 0 Å². The number of amides is 2. The zero-order valence-electron chi connectivity index (χ0n) is 22.4. The highest BCUT2D eigenvalue weighted by atomic mass is 32.2. The third-order valence-corrected chi connectivity index (χ3v) is 8.09. The number of ether oxygens (including phenoxy) is 2. The van der Waals surface area contributed by atoms with Gasteiger partial charge >= 0.3 is 6.03 Å². The SMILES string of the molecule is CC1C(CSc2ccccc2)OC(c2cccc(NC(=O)NCc3ccccc3)c2)OC1c1ccc(CO)cc1. The van der Waals surface area contributed by atoms with Crippen LogP contribution in [0.25, 0.3) is 0 Å². The Labute approximate surface area is 239 Å². The second-order valence-corrected chi connectivity index (χ2v) is 11.0. The summed E-state index contributed by atoms with van der Waals surface area (Å²) in [6.07, 6.45) is -0.870. The average Bonchev–Trinajstić information content (AvgIpc) is 3.01. The summed E-state index contributed by atoms with van der Waals surface area (Å²) < 4.78 is 13.1. The van der Waals surface area contributed by atoms with Crippen molar-refractivity contribution in [1.29, 1.82) is 0 Å². The van der Waals surface area contributed by atoms with Crippen molar-refractivity contribution in [2.45, 2.75) is 43.5 Å². The second-order valence-electron chi connectivity index (χ2n) is 9.86. The highest BCUT2D eigenvalue weighted by molar-refractivity contribution is 7.99. The smallest absolute Gasteiger partial charge is 0.319 e. The molecule has 1 saturated heterocycles. The van der Waals surface area contributed by atoms with Crippen molar-refractivity contribution in [2.24, 2.45) is 5.92 Å². The molecule has 1 fully saturated rings. The number of anilines is 1. The topological polar surface area (TPSA) is 79.8 Å². The van der Waals surface area contributed by atoms with Gasteiger partial charge in [-0.15, -0.1) is 11.8 Å². The van der Waals surface area contributed by atoms with Crippen molar-refractivity contribution in [3.05, 3.63) is 131 Å². The summed E-state index contributed by atoms with van der Waals surface area (Å²) in [7, 11) is 0. The molecule has 206 valence electrons. The molecule has 1 aliphatic heterocycles. The Hall–Kier alpha value is -3.62. The van der Waals surface area contributed by atoms with Crippen molar-refractivity contribution in [1.82, 2.24) is 5.32 Å². The maximum absolute atomic E-state index is 12.6. The number of urea groups is 1. The first-order valence-corrected chi connectivity index (χ1v) is 14.4. The van der Waals surface area contributed by atoms with Crippen LogP contribution in [0.3, 0.4) is 0 Å². The number of thioether (sulfide) groups is 1. The van der Waals surface area contributed by atoms with Gasteiger partial charge in [0.15, 0.2) is 6.29 Å². The lowest BCUT2D eigenvalue weighted by Gasteiger charge is -2.41. The van der Waals surface area contributed by atoms with Crippen LogP contribution in [0.15, 0.2) is 114 Å². The average molecular weight is 555 g/mol. The molecule has 0 spiro atoms. The largest absolute Gasteiger partial charge is 0.392 e. The van der Waals surface area contributed by atoms with E-state index < -0.39 is 6.29 Å². The van der Waals surface area contributed by atoms with Crippen LogP contribution >= 0.6 is 11.8 Å². The monoisotopic (exact) mass is 554 g/mol. The summed E-state index contributed by atoms with van der Waals surface area (Å²) in [5.74, 6) is 0.869. The van der Waals surface area contributed by atoms with Crippen LogP contribution in [0.4, 0.5) is 10.5 Å². The molecular formula is C33H34N2O4S. The summed E-state index contributed by atoms with van der Waals surface area (Å²) in [5, 5.41) is 15.3. The molecule has 0 saturated carbocycles. The number of hydrogen-bond acceptors (Lipinski definition) is 5. The third-order valence-electron chi connectivity index (χ3n) is 6.99. The number of nitrogens with one attached hydrogen (secondary N) is 2. The molecule has 40 heavy (non-hydrogen) atoms. The van der Waals surface area contributed by atoms with Gasteiger partial charge in [-0.2, -0.15) is 0 Å². The molecule has 0 aliphatic carbocycles. The molecule has 1 aliphatic rings. The van der Waals surface area contributed by atoms with E-state index >= 15 is 0 Å². The number of aliphatic hydroxyl groups is 1. The molecule has 0 bridgehead atoms. The van der Waals surface area contributed by atoms with Gasteiger partial charge in [-0.1, -0.05) is 91.9 Å². The fourth-order valence-electron chi connectivity index (χ4n) is 4.72. The van der Waals surface area contributed by atoms with Crippen LogP contribution < -0.4 is 10.6 Å². The fraction of sp³-hybridized carbons (Fsp3) is 0.242. The van der Waals surface area contributed by atoms with Crippen molar-refractivity contribution in [2.75, 3.05) is 11.1 Å². The Morgan fingerprint density at radius 3 is 2.27 bits per heavy atom. The standard InChI is InChI=1S/C33H34N2O4S/c1-23-30(22-40-29-13-6-3-7-14-29)38-32(39-31(23)26-17-15-25(21-36)16-18-26)27-11-8-12-28(19-27)35-33(37)34-20-24-9-4-2-5-10-24/h2-19,23,30-32,36H,20-22H2,1H3,(H2,34,35,37). The minimum atomic E-state index is -0.603. The molecule has 5 rings (SSSR count). The summed E-state index contributed by atoms with van der Waals surface area (Å²) in [6, 6.07) is 35.3. The molecule has 4 atom stereocenters. The van der Waals surface area contributed by atoms with Crippen LogP contribution in [0, 0.1) is 5.92 Å². The van der Waals surface area contributed by atoms with E-state index in [1.54, 1.807) is 11.8 Å². The number of aliphatic hydroxyl groups excluding tert-OH is 1. The molecule has 0 aromatic heterocycles. The first-order chi connectivity index (χ1) is 19.6. The first-order valence-electron chi connectivity index (χ1n) is 13.5. The number of carbonyl (C=O) groups excluding carboxylic acids is 1. The Morgan fingerprint density at radius 2 is 1.55 bits per heavy atom. The van der Waals surface area contributed by atoms with Crippen LogP contribution in [-0.4, -0.2) is 23.0 Å². The van der Waals surface area contributed by atoms with Gasteiger partial charge < -0.3 is 25.2 Å². The van der Waals surface area contributed by atoms with Crippen molar-refractivity contribution < 1.29 is 19.4 Å². The van der Waals surface area contributed by atoms with Crippen LogP contribution in [-0.2, 0) is 22.6 Å². The number of rotatable bonds is 9. The summed E-state index contributed by atoms with van der Waals surface area (Å²) >= 11 is 1.77.